The van der Waals surface area contributed by atoms with Gasteiger partial charge in [0.05, 0.1) is 18.8 Å². The van der Waals surface area contributed by atoms with Crippen LogP contribution in [0.25, 0.3) is 0 Å². The number of imidazole rings is 1. The van der Waals surface area contributed by atoms with Crippen LogP contribution in [0.3, 0.4) is 0 Å². The van der Waals surface area contributed by atoms with Gasteiger partial charge >= 0.3 is 5.97 Å². The fourth-order valence-corrected chi connectivity index (χ4v) is 1.77. The molecule has 0 atom stereocenters. The summed E-state index contributed by atoms with van der Waals surface area (Å²) in [6.45, 7) is 8.32. The first-order valence-electron chi connectivity index (χ1n) is 5.62. The van der Waals surface area contributed by atoms with Gasteiger partial charge < -0.3 is 9.67 Å². The summed E-state index contributed by atoms with van der Waals surface area (Å²) in [5.74, 6) is 0.191. The first-order valence-corrected chi connectivity index (χ1v) is 5.62. The standard InChI is InChI=1S/C9H13N3O2.C2H6/c1-7-4-12-3-2-11(6-9(13)14)5-8(12)10-7;1-2/h4H,2-3,5-6H2,1H3,(H,13,14);1-2H3. The largest absolute Gasteiger partial charge is 0.480 e. The zero-order valence-electron chi connectivity index (χ0n) is 10.1. The molecule has 0 radical (unpaired) electrons. The zero-order chi connectivity index (χ0) is 12.1. The average molecular weight is 225 g/mol. The second-order valence-electron chi connectivity index (χ2n) is 3.60. The van der Waals surface area contributed by atoms with E-state index in [-0.39, 0.29) is 6.54 Å². The lowest BCUT2D eigenvalue weighted by Crippen LogP contribution is -2.37. The third-order valence-electron chi connectivity index (χ3n) is 2.36. The Labute approximate surface area is 95.7 Å². The normalized spacial score (nSPS) is 14.9. The van der Waals surface area contributed by atoms with Gasteiger partial charge in [-0.3, -0.25) is 9.69 Å². The molecular formula is C11H19N3O2. The Kier molecular flexibility index (Phi) is 4.49. The van der Waals surface area contributed by atoms with Gasteiger partial charge in [0.1, 0.15) is 5.82 Å². The first-order chi connectivity index (χ1) is 7.65. The highest BCUT2D eigenvalue weighted by molar-refractivity contribution is 5.69. The minimum atomic E-state index is -0.776. The second-order valence-corrected chi connectivity index (χ2v) is 3.60. The summed E-state index contributed by atoms with van der Waals surface area (Å²) in [5.41, 5.74) is 0.997. The van der Waals surface area contributed by atoms with Crippen molar-refractivity contribution in [2.24, 2.45) is 0 Å². The molecule has 0 saturated carbocycles. The van der Waals surface area contributed by atoms with Crippen LogP contribution in [0.4, 0.5) is 0 Å². The van der Waals surface area contributed by atoms with Crippen molar-refractivity contribution in [2.45, 2.75) is 33.9 Å². The predicted molar refractivity (Wildman–Crippen MR) is 61.2 cm³/mol. The van der Waals surface area contributed by atoms with E-state index in [1.807, 2.05) is 31.9 Å². The Hall–Kier alpha value is -1.36. The number of nitrogens with zero attached hydrogens (tertiary/aromatic N) is 3. The maximum absolute atomic E-state index is 10.5. The van der Waals surface area contributed by atoms with Gasteiger partial charge in [-0.15, -0.1) is 0 Å². The van der Waals surface area contributed by atoms with Crippen molar-refractivity contribution in [3.05, 3.63) is 17.7 Å². The van der Waals surface area contributed by atoms with Crippen molar-refractivity contribution >= 4 is 5.97 Å². The molecule has 0 unspecified atom stereocenters. The van der Waals surface area contributed by atoms with Crippen molar-refractivity contribution in [3.8, 4) is 0 Å². The fourth-order valence-electron chi connectivity index (χ4n) is 1.77. The molecule has 0 fully saturated rings. The molecule has 0 bridgehead atoms. The highest BCUT2D eigenvalue weighted by Crippen LogP contribution is 2.11. The zero-order valence-corrected chi connectivity index (χ0v) is 10.1. The molecule has 1 aromatic rings. The Bertz CT molecular complexity index is 360. The highest BCUT2D eigenvalue weighted by Gasteiger charge is 2.18. The average Bonchev–Trinajstić information content (AvgIpc) is 2.59. The van der Waals surface area contributed by atoms with Crippen LogP contribution >= 0.6 is 0 Å². The van der Waals surface area contributed by atoms with Gasteiger partial charge in [0.15, 0.2) is 0 Å². The smallest absolute Gasteiger partial charge is 0.317 e. The number of hydrogen-bond acceptors (Lipinski definition) is 3. The van der Waals surface area contributed by atoms with E-state index in [0.717, 1.165) is 24.6 Å². The van der Waals surface area contributed by atoms with Crippen molar-refractivity contribution in [2.75, 3.05) is 13.1 Å². The Morgan fingerprint density at radius 3 is 2.81 bits per heavy atom. The molecule has 1 aliphatic rings. The number of hydrogen-bond donors (Lipinski definition) is 1. The van der Waals surface area contributed by atoms with E-state index >= 15 is 0 Å². The third-order valence-corrected chi connectivity index (χ3v) is 2.36. The summed E-state index contributed by atoms with van der Waals surface area (Å²) in [7, 11) is 0. The van der Waals surface area contributed by atoms with E-state index < -0.39 is 5.97 Å². The van der Waals surface area contributed by atoms with Crippen molar-refractivity contribution < 1.29 is 9.90 Å². The summed E-state index contributed by atoms with van der Waals surface area (Å²) >= 11 is 0. The molecule has 1 N–H and O–H groups in total. The molecule has 0 spiro atoms. The monoisotopic (exact) mass is 225 g/mol. The lowest BCUT2D eigenvalue weighted by atomic mass is 10.3. The third kappa shape index (κ3) is 3.06. The number of carbonyl (C=O) groups is 1. The number of carboxylic acid groups (broad SMARTS) is 1. The number of rotatable bonds is 2. The summed E-state index contributed by atoms with van der Waals surface area (Å²) in [6, 6.07) is 0. The maximum atomic E-state index is 10.5. The molecule has 5 nitrogen and oxygen atoms in total. The van der Waals surface area contributed by atoms with Crippen LogP contribution in [0.1, 0.15) is 25.4 Å². The molecule has 0 amide bonds. The SMILES string of the molecule is CC.Cc1cn2c(n1)CN(CC(=O)O)CC2. The predicted octanol–water partition coefficient (Wildman–Crippen LogP) is 1.12. The molecule has 1 aliphatic heterocycles. The Balaban J connectivity index is 0.000000606. The van der Waals surface area contributed by atoms with Crippen LogP contribution in [0.2, 0.25) is 0 Å². The Morgan fingerprint density at radius 1 is 1.50 bits per heavy atom. The number of aromatic nitrogens is 2. The fraction of sp³-hybridized carbons (Fsp3) is 0.636. The van der Waals surface area contributed by atoms with E-state index in [9.17, 15) is 4.79 Å². The van der Waals surface area contributed by atoms with Gasteiger partial charge in [-0.25, -0.2) is 4.98 Å². The molecule has 2 rings (SSSR count). The molecule has 0 aromatic carbocycles. The summed E-state index contributed by atoms with van der Waals surface area (Å²) in [4.78, 5) is 16.7. The van der Waals surface area contributed by atoms with E-state index in [1.54, 1.807) is 0 Å². The van der Waals surface area contributed by atoms with Crippen LogP contribution in [0.5, 0.6) is 0 Å². The number of aryl methyl sites for hydroxylation is 1. The minimum Gasteiger partial charge on any atom is -0.480 e. The molecule has 0 saturated heterocycles. The quantitative estimate of drug-likeness (QED) is 0.819. The van der Waals surface area contributed by atoms with Crippen LogP contribution in [0.15, 0.2) is 6.20 Å². The molecule has 0 aliphatic carbocycles. The van der Waals surface area contributed by atoms with Crippen molar-refractivity contribution in [3.63, 3.8) is 0 Å². The van der Waals surface area contributed by atoms with Crippen LogP contribution < -0.4 is 0 Å². The van der Waals surface area contributed by atoms with Gasteiger partial charge in [0.2, 0.25) is 0 Å². The van der Waals surface area contributed by atoms with Gasteiger partial charge in [0, 0.05) is 19.3 Å². The van der Waals surface area contributed by atoms with E-state index in [0.29, 0.717) is 6.54 Å². The van der Waals surface area contributed by atoms with E-state index in [1.165, 1.54) is 0 Å². The number of carboxylic acids is 1. The van der Waals surface area contributed by atoms with Gasteiger partial charge in [-0.1, -0.05) is 13.8 Å². The van der Waals surface area contributed by atoms with Crippen molar-refractivity contribution in [1.82, 2.24) is 14.5 Å². The van der Waals surface area contributed by atoms with Crippen LogP contribution in [0, 0.1) is 6.92 Å². The molecule has 90 valence electrons. The lowest BCUT2D eigenvalue weighted by Gasteiger charge is -2.25. The minimum absolute atomic E-state index is 0.103. The van der Waals surface area contributed by atoms with Crippen LogP contribution in [-0.4, -0.2) is 38.6 Å². The van der Waals surface area contributed by atoms with Gasteiger partial charge in [-0.05, 0) is 6.92 Å². The lowest BCUT2D eigenvalue weighted by molar-refractivity contribution is -0.138. The topological polar surface area (TPSA) is 58.4 Å². The first kappa shape index (κ1) is 12.7. The Morgan fingerprint density at radius 2 is 2.19 bits per heavy atom. The molecular weight excluding hydrogens is 206 g/mol. The second kappa shape index (κ2) is 5.65. The van der Waals surface area contributed by atoms with Crippen LogP contribution in [-0.2, 0) is 17.9 Å². The highest BCUT2D eigenvalue weighted by atomic mass is 16.4. The van der Waals surface area contributed by atoms with Crippen molar-refractivity contribution in [1.29, 1.82) is 0 Å². The van der Waals surface area contributed by atoms with Gasteiger partial charge in [0.25, 0.3) is 0 Å². The number of aliphatic carboxylic acids is 1. The molecule has 5 heteroatoms. The summed E-state index contributed by atoms with van der Waals surface area (Å²) in [5, 5.41) is 8.65. The van der Waals surface area contributed by atoms with Gasteiger partial charge in [-0.2, -0.15) is 0 Å². The molecule has 1 aromatic heterocycles. The maximum Gasteiger partial charge on any atom is 0.317 e. The summed E-state index contributed by atoms with van der Waals surface area (Å²) in [6.07, 6.45) is 2.01. The van der Waals surface area contributed by atoms with E-state index in [2.05, 4.69) is 9.55 Å². The van der Waals surface area contributed by atoms with E-state index in [4.69, 9.17) is 5.11 Å². The number of fused-ring (bicyclic) bond motifs is 1. The molecule has 2 heterocycles. The summed E-state index contributed by atoms with van der Waals surface area (Å²) < 4.78 is 2.09. The molecule has 16 heavy (non-hydrogen) atoms.